The number of aryl methyl sites for hydroxylation is 2. The molecule has 0 saturated carbocycles. The van der Waals surface area contributed by atoms with Gasteiger partial charge in [0.25, 0.3) is 0 Å². The number of ether oxygens (including phenoxy) is 1. The van der Waals surface area contributed by atoms with Gasteiger partial charge in [-0.1, -0.05) is 36.4 Å². The average molecular weight is 527 g/mol. The van der Waals surface area contributed by atoms with E-state index < -0.39 is 17.4 Å². The van der Waals surface area contributed by atoms with E-state index in [0.29, 0.717) is 24.0 Å². The first-order valence-corrected chi connectivity index (χ1v) is 12.5. The number of hydrogen-bond donors (Lipinski definition) is 1. The van der Waals surface area contributed by atoms with Gasteiger partial charge in [0.1, 0.15) is 12.1 Å². The van der Waals surface area contributed by atoms with E-state index in [4.69, 9.17) is 4.74 Å². The van der Waals surface area contributed by atoms with Gasteiger partial charge in [-0.3, -0.25) is 9.13 Å². The molecule has 1 N–H and O–H groups in total. The van der Waals surface area contributed by atoms with Crippen LogP contribution in [0.5, 0.6) is 5.88 Å². The van der Waals surface area contributed by atoms with Crippen LogP contribution in [0.25, 0.3) is 11.0 Å². The minimum atomic E-state index is -4.57. The van der Waals surface area contributed by atoms with Crippen molar-refractivity contribution in [3.05, 3.63) is 87.5 Å². The van der Waals surface area contributed by atoms with Crippen molar-refractivity contribution < 1.29 is 23.0 Å². The maximum absolute atomic E-state index is 13.9. The largest absolute Gasteiger partial charge is 0.474 e. The number of hydrogen-bond acceptors (Lipinski definition) is 5. The van der Waals surface area contributed by atoms with Crippen LogP contribution in [0.15, 0.2) is 59.5 Å². The molecule has 1 atom stereocenters. The lowest BCUT2D eigenvalue weighted by molar-refractivity contribution is -0.138. The molecule has 7 nitrogen and oxygen atoms in total. The molecule has 200 valence electrons. The lowest BCUT2D eigenvalue weighted by atomic mass is 10.1. The van der Waals surface area contributed by atoms with Crippen molar-refractivity contribution in [3.8, 4) is 5.88 Å². The fourth-order valence-electron chi connectivity index (χ4n) is 5.51. The van der Waals surface area contributed by atoms with E-state index in [1.807, 2.05) is 6.07 Å². The number of halogens is 3. The highest BCUT2D eigenvalue weighted by atomic mass is 19.4. The number of aliphatic hydroxyl groups excluding tert-OH is 1. The molecule has 1 aliphatic heterocycles. The van der Waals surface area contributed by atoms with Crippen molar-refractivity contribution in [3.63, 3.8) is 0 Å². The number of aliphatic hydroxyl groups is 1. The fraction of sp³-hybridized carbons (Fsp3) is 0.357. The number of anilines is 1. The summed E-state index contributed by atoms with van der Waals surface area (Å²) in [5.74, 6) is 0.0986. The standard InChI is InChI=1S/C28H29F3N4O3/c1-18-6-5-7-19(2)24(18)33-13-11-21(17-33)35-23-10-12-32-26(38-15-14-36)25(23)34(27(35)37)16-20-8-3-4-9-22(20)28(29,30)31/h3-10,12,21,36H,11,13-17H2,1-2H3/t21-/m1/s1. The van der Waals surface area contributed by atoms with Gasteiger partial charge in [-0.05, 0) is 49.1 Å². The maximum atomic E-state index is 13.9. The Hall–Kier alpha value is -3.79. The molecule has 0 amide bonds. The maximum Gasteiger partial charge on any atom is 0.416 e. The first kappa shape index (κ1) is 25.8. The summed E-state index contributed by atoms with van der Waals surface area (Å²) in [7, 11) is 0. The third kappa shape index (κ3) is 4.64. The molecule has 1 fully saturated rings. The zero-order valence-electron chi connectivity index (χ0n) is 21.2. The van der Waals surface area contributed by atoms with Crippen LogP contribution in [0.1, 0.15) is 34.7 Å². The van der Waals surface area contributed by atoms with E-state index in [2.05, 4.69) is 35.9 Å². The SMILES string of the molecule is Cc1cccc(C)c1N1CC[C@@H](n2c(=O)n(Cc3ccccc3C(F)(F)F)c3c(OCCO)nccc32)C1. The Morgan fingerprint density at radius 1 is 1.08 bits per heavy atom. The molecule has 1 aliphatic rings. The second kappa shape index (κ2) is 10.2. The lowest BCUT2D eigenvalue weighted by Gasteiger charge is -2.23. The Morgan fingerprint density at radius 3 is 2.53 bits per heavy atom. The summed E-state index contributed by atoms with van der Waals surface area (Å²) in [5.41, 5.74) is 3.04. The van der Waals surface area contributed by atoms with Crippen molar-refractivity contribution in [2.75, 3.05) is 31.2 Å². The third-order valence-corrected chi connectivity index (χ3v) is 7.10. The van der Waals surface area contributed by atoms with E-state index in [1.54, 1.807) is 10.6 Å². The summed E-state index contributed by atoms with van der Waals surface area (Å²) in [6, 6.07) is 12.9. The first-order valence-electron chi connectivity index (χ1n) is 12.5. The van der Waals surface area contributed by atoms with E-state index in [1.165, 1.54) is 29.0 Å². The highest BCUT2D eigenvalue weighted by Gasteiger charge is 2.34. The predicted octanol–water partition coefficient (Wildman–Crippen LogP) is 4.70. The number of alkyl halides is 3. The van der Waals surface area contributed by atoms with Gasteiger partial charge in [0.05, 0.1) is 30.3 Å². The van der Waals surface area contributed by atoms with Crippen LogP contribution in [-0.2, 0) is 12.7 Å². The number of fused-ring (bicyclic) bond motifs is 1. The molecule has 0 unspecified atom stereocenters. The Morgan fingerprint density at radius 2 is 1.82 bits per heavy atom. The van der Waals surface area contributed by atoms with Crippen LogP contribution in [0.2, 0.25) is 0 Å². The Labute approximate surface area is 217 Å². The predicted molar refractivity (Wildman–Crippen MR) is 139 cm³/mol. The van der Waals surface area contributed by atoms with Gasteiger partial charge < -0.3 is 14.7 Å². The zero-order valence-corrected chi connectivity index (χ0v) is 21.2. The third-order valence-electron chi connectivity index (χ3n) is 7.10. The van der Waals surface area contributed by atoms with Gasteiger partial charge in [0, 0.05) is 25.0 Å². The molecule has 2 aromatic carbocycles. The molecule has 3 heterocycles. The summed E-state index contributed by atoms with van der Waals surface area (Å²) in [6.45, 7) is 4.81. The van der Waals surface area contributed by atoms with Crippen molar-refractivity contribution in [2.24, 2.45) is 0 Å². The van der Waals surface area contributed by atoms with Gasteiger partial charge in [0.15, 0.2) is 0 Å². The normalized spacial score (nSPS) is 15.9. The van der Waals surface area contributed by atoms with E-state index in [0.717, 1.165) is 29.4 Å². The van der Waals surface area contributed by atoms with Crippen LogP contribution in [0.3, 0.4) is 0 Å². The van der Waals surface area contributed by atoms with E-state index >= 15 is 0 Å². The summed E-state index contributed by atoms with van der Waals surface area (Å²) in [5, 5.41) is 9.29. The first-order chi connectivity index (χ1) is 18.2. The van der Waals surface area contributed by atoms with Crippen LogP contribution < -0.4 is 15.3 Å². The van der Waals surface area contributed by atoms with Crippen molar-refractivity contribution >= 4 is 16.7 Å². The molecule has 1 saturated heterocycles. The van der Waals surface area contributed by atoms with Crippen LogP contribution in [0.4, 0.5) is 18.9 Å². The van der Waals surface area contributed by atoms with E-state index in [-0.39, 0.29) is 37.2 Å². The fourth-order valence-corrected chi connectivity index (χ4v) is 5.51. The van der Waals surface area contributed by atoms with Gasteiger partial charge >= 0.3 is 11.9 Å². The number of imidazole rings is 1. The zero-order chi connectivity index (χ0) is 27.0. The Bertz CT molecular complexity index is 1510. The summed E-state index contributed by atoms with van der Waals surface area (Å²) < 4.78 is 49.9. The number of aromatic nitrogens is 3. The second-order valence-electron chi connectivity index (χ2n) is 9.58. The van der Waals surface area contributed by atoms with Gasteiger partial charge in [0.2, 0.25) is 5.88 Å². The van der Waals surface area contributed by atoms with Crippen molar-refractivity contribution in [1.82, 2.24) is 14.1 Å². The number of nitrogens with zero attached hydrogens (tertiary/aromatic N) is 4. The lowest BCUT2D eigenvalue weighted by Crippen LogP contribution is -2.30. The average Bonchev–Trinajstić information content (AvgIpc) is 3.45. The quantitative estimate of drug-likeness (QED) is 0.378. The molecule has 5 rings (SSSR count). The van der Waals surface area contributed by atoms with Crippen molar-refractivity contribution in [2.45, 2.75) is 39.0 Å². The molecule has 0 radical (unpaired) electrons. The monoisotopic (exact) mass is 526 g/mol. The molecule has 0 aliphatic carbocycles. The molecule has 38 heavy (non-hydrogen) atoms. The van der Waals surface area contributed by atoms with Crippen LogP contribution in [0, 0.1) is 13.8 Å². The Kier molecular flexibility index (Phi) is 6.92. The number of para-hydroxylation sites is 1. The van der Waals surface area contributed by atoms with Gasteiger partial charge in [-0.2, -0.15) is 13.2 Å². The molecular weight excluding hydrogens is 497 g/mol. The summed E-state index contributed by atoms with van der Waals surface area (Å²) in [4.78, 5) is 20.4. The minimum absolute atomic E-state index is 0.0262. The van der Waals surface area contributed by atoms with Crippen LogP contribution in [-0.4, -0.2) is 45.5 Å². The second-order valence-corrected chi connectivity index (χ2v) is 9.58. The Balaban J connectivity index is 1.62. The molecule has 10 heteroatoms. The van der Waals surface area contributed by atoms with Gasteiger partial charge in [-0.25, -0.2) is 9.78 Å². The highest BCUT2D eigenvalue weighted by molar-refractivity contribution is 5.81. The minimum Gasteiger partial charge on any atom is -0.474 e. The summed E-state index contributed by atoms with van der Waals surface area (Å²) >= 11 is 0. The van der Waals surface area contributed by atoms with E-state index in [9.17, 15) is 23.1 Å². The molecule has 0 spiro atoms. The van der Waals surface area contributed by atoms with Crippen molar-refractivity contribution in [1.29, 1.82) is 0 Å². The molecule has 2 aromatic heterocycles. The topological polar surface area (TPSA) is 72.5 Å². The van der Waals surface area contributed by atoms with Gasteiger partial charge in [-0.15, -0.1) is 0 Å². The highest BCUT2D eigenvalue weighted by Crippen LogP contribution is 2.35. The number of pyridine rings is 1. The number of rotatable bonds is 7. The molecule has 0 bridgehead atoms. The van der Waals surface area contributed by atoms with Crippen LogP contribution >= 0.6 is 0 Å². The number of benzene rings is 2. The summed E-state index contributed by atoms with van der Waals surface area (Å²) in [6.07, 6.45) is -2.36. The smallest absolute Gasteiger partial charge is 0.416 e. The molecular formula is C28H29F3N4O3. The molecule has 4 aromatic rings.